The topological polar surface area (TPSA) is 196 Å². The Morgan fingerprint density at radius 1 is 1.21 bits per heavy atom. The van der Waals surface area contributed by atoms with Gasteiger partial charge < -0.3 is 27.5 Å². The van der Waals surface area contributed by atoms with Gasteiger partial charge in [-0.25, -0.2) is 4.98 Å². The van der Waals surface area contributed by atoms with Crippen LogP contribution in [0.4, 0.5) is 5.69 Å². The van der Waals surface area contributed by atoms with Gasteiger partial charge in [0.15, 0.2) is 5.03 Å². The lowest BCUT2D eigenvalue weighted by Gasteiger charge is -2.19. The summed E-state index contributed by atoms with van der Waals surface area (Å²) in [7, 11) is 0. The van der Waals surface area contributed by atoms with Crippen LogP contribution in [-0.2, 0) is 16.0 Å². The lowest BCUT2D eigenvalue weighted by atomic mass is 10.0. The van der Waals surface area contributed by atoms with Gasteiger partial charge in [-0.05, 0) is 48.8 Å². The first-order valence-electron chi connectivity index (χ1n) is 10.7. The fourth-order valence-corrected chi connectivity index (χ4v) is 4.54. The number of nitrogens with zero attached hydrogens (tertiary/aromatic N) is 2. The summed E-state index contributed by atoms with van der Waals surface area (Å²) in [5.41, 5.74) is 18.4. The van der Waals surface area contributed by atoms with Crippen molar-refractivity contribution >= 4 is 40.2 Å². The Morgan fingerprint density at radius 3 is 2.68 bits per heavy atom. The Balaban J connectivity index is 1.89. The molecule has 1 aromatic carbocycles. The van der Waals surface area contributed by atoms with Gasteiger partial charge in [0.2, 0.25) is 11.8 Å². The molecule has 2 amide bonds. The average molecular weight is 486 g/mol. The normalized spacial score (nSPS) is 12.9. The second-order valence-electron chi connectivity index (χ2n) is 7.72. The summed E-state index contributed by atoms with van der Waals surface area (Å²) in [6.45, 7) is 0.508. The van der Waals surface area contributed by atoms with Gasteiger partial charge >= 0.3 is 5.69 Å². The molecular formula is C22H27N7O4S. The average Bonchev–Trinajstić information content (AvgIpc) is 3.15. The lowest BCUT2D eigenvalue weighted by Crippen LogP contribution is -2.51. The van der Waals surface area contributed by atoms with Crippen LogP contribution < -0.4 is 22.5 Å². The number of H-pyrrole nitrogens is 1. The number of carbonyl (C=O) groups is 2. The quantitative estimate of drug-likeness (QED) is 0.145. The highest BCUT2D eigenvalue weighted by Gasteiger charge is 2.26. The molecular weight excluding hydrogens is 458 g/mol. The van der Waals surface area contributed by atoms with E-state index in [2.05, 4.69) is 15.3 Å². The molecule has 0 saturated carbocycles. The Bertz CT molecular complexity index is 1180. The van der Waals surface area contributed by atoms with E-state index in [0.717, 1.165) is 29.1 Å². The molecule has 34 heavy (non-hydrogen) atoms. The molecule has 2 atom stereocenters. The van der Waals surface area contributed by atoms with Crippen LogP contribution in [0.5, 0.6) is 0 Å². The van der Waals surface area contributed by atoms with Crippen LogP contribution >= 0.6 is 11.8 Å². The van der Waals surface area contributed by atoms with Crippen molar-refractivity contribution in [3.8, 4) is 0 Å². The van der Waals surface area contributed by atoms with Gasteiger partial charge in [-0.15, -0.1) is 0 Å². The summed E-state index contributed by atoms with van der Waals surface area (Å²) in [4.78, 5) is 43.1. The molecule has 12 heteroatoms. The summed E-state index contributed by atoms with van der Waals surface area (Å²) in [5, 5.41) is 15.6. The summed E-state index contributed by atoms with van der Waals surface area (Å²) in [6, 6.07) is 8.43. The largest absolute Gasteiger partial charge is 0.368 e. The van der Waals surface area contributed by atoms with Crippen molar-refractivity contribution in [1.29, 1.82) is 0 Å². The number of nitrogens with one attached hydrogen (secondary N) is 2. The van der Waals surface area contributed by atoms with E-state index >= 15 is 0 Å². The molecule has 0 radical (unpaired) electrons. The first kappa shape index (κ1) is 25.1. The molecule has 2 heterocycles. The maximum Gasteiger partial charge on any atom is 0.301 e. The lowest BCUT2D eigenvalue weighted by molar-refractivity contribution is -0.388. The molecule has 0 aliphatic rings. The van der Waals surface area contributed by atoms with Gasteiger partial charge in [0.05, 0.1) is 16.0 Å². The van der Waals surface area contributed by atoms with Gasteiger partial charge in [-0.3, -0.25) is 19.7 Å². The summed E-state index contributed by atoms with van der Waals surface area (Å²) >= 11 is 1.08. The number of aromatic amines is 1. The summed E-state index contributed by atoms with van der Waals surface area (Å²) in [5.74, 6) is -1.19. The number of carbonyl (C=O) groups excluding carboxylic acids is 2. The zero-order valence-corrected chi connectivity index (χ0v) is 19.2. The number of hydrogen-bond acceptors (Lipinski definition) is 8. The van der Waals surface area contributed by atoms with Crippen molar-refractivity contribution in [3.63, 3.8) is 0 Å². The predicted octanol–water partition coefficient (Wildman–Crippen LogP) is 1.59. The van der Waals surface area contributed by atoms with Gasteiger partial charge in [-0.2, -0.15) is 0 Å². The molecule has 0 saturated heterocycles. The van der Waals surface area contributed by atoms with Gasteiger partial charge in [0.1, 0.15) is 6.04 Å². The number of unbranched alkanes of at least 4 members (excludes halogenated alkanes) is 1. The standard InChI is InChI=1S/C22H27N7O4S/c23-10-4-3-7-15(24)20(31)27-17(19(25)30)12-14-13-6-1-2-8-16(13)28-21(14)34-22-18(29(32)33)9-5-11-26-22/h1-2,5-6,8-9,11,15,17,28H,3-4,7,10,12,23-24H2,(H2,25,30)(H,27,31)/t15-,17-/m0/s1. The SMILES string of the molecule is NCCCC[C@H](N)C(=O)N[C@@H](Cc1c(Sc2ncccc2[N+](=O)[O-])[nH]c2ccccc12)C(N)=O. The van der Waals surface area contributed by atoms with Crippen molar-refractivity contribution < 1.29 is 14.5 Å². The first-order valence-corrected chi connectivity index (χ1v) is 11.6. The molecule has 3 aromatic rings. The molecule has 0 spiro atoms. The monoisotopic (exact) mass is 485 g/mol. The van der Waals surface area contributed by atoms with Crippen molar-refractivity contribution in [2.24, 2.45) is 17.2 Å². The minimum absolute atomic E-state index is 0.0730. The molecule has 0 bridgehead atoms. The summed E-state index contributed by atoms with van der Waals surface area (Å²) in [6.07, 6.45) is 3.42. The number of primary amides is 1. The first-order chi connectivity index (χ1) is 16.3. The third-order valence-electron chi connectivity index (χ3n) is 5.30. The van der Waals surface area contributed by atoms with Crippen LogP contribution in [-0.4, -0.2) is 45.3 Å². The number of nitrogens with two attached hydrogens (primary N) is 3. The molecule has 2 aromatic heterocycles. The Morgan fingerprint density at radius 2 is 1.97 bits per heavy atom. The molecule has 0 fully saturated rings. The van der Waals surface area contributed by atoms with E-state index in [-0.39, 0.29) is 17.1 Å². The Labute approximate surface area is 200 Å². The number of hydrogen-bond donors (Lipinski definition) is 5. The van der Waals surface area contributed by atoms with Crippen LogP contribution in [0.3, 0.4) is 0 Å². The maximum absolute atomic E-state index is 12.6. The minimum atomic E-state index is -1.02. The summed E-state index contributed by atoms with van der Waals surface area (Å²) < 4.78 is 0. The highest BCUT2D eigenvalue weighted by Crippen LogP contribution is 2.37. The molecule has 11 nitrogen and oxygen atoms in total. The van der Waals surface area contributed by atoms with Crippen molar-refractivity contribution in [3.05, 3.63) is 58.3 Å². The number of rotatable bonds is 12. The third kappa shape index (κ3) is 6.10. The van der Waals surface area contributed by atoms with Gasteiger partial charge in [0, 0.05) is 29.6 Å². The van der Waals surface area contributed by atoms with Crippen LogP contribution in [0.25, 0.3) is 10.9 Å². The van der Waals surface area contributed by atoms with Crippen molar-refractivity contribution in [2.75, 3.05) is 6.54 Å². The molecule has 0 aliphatic heterocycles. The number of amides is 2. The molecule has 180 valence electrons. The van der Waals surface area contributed by atoms with Crippen LogP contribution in [0.2, 0.25) is 0 Å². The Kier molecular flexibility index (Phi) is 8.57. The van der Waals surface area contributed by atoms with Crippen molar-refractivity contribution in [2.45, 2.75) is 47.8 Å². The van der Waals surface area contributed by atoms with Crippen molar-refractivity contribution in [1.82, 2.24) is 15.3 Å². The number of pyridine rings is 1. The molecule has 0 unspecified atom stereocenters. The molecule has 0 aliphatic carbocycles. The third-order valence-corrected chi connectivity index (χ3v) is 6.36. The van der Waals surface area contributed by atoms with E-state index in [9.17, 15) is 19.7 Å². The number of aromatic nitrogens is 2. The van der Waals surface area contributed by atoms with E-state index in [4.69, 9.17) is 17.2 Å². The van der Waals surface area contributed by atoms with Crippen LogP contribution in [0.1, 0.15) is 24.8 Å². The Hall–Kier alpha value is -3.48. The van der Waals surface area contributed by atoms with Gasteiger partial charge in [0.25, 0.3) is 0 Å². The highest BCUT2D eigenvalue weighted by molar-refractivity contribution is 7.99. The fraction of sp³-hybridized carbons (Fsp3) is 0.318. The smallest absolute Gasteiger partial charge is 0.301 e. The van der Waals surface area contributed by atoms with E-state index in [1.165, 1.54) is 18.3 Å². The zero-order valence-electron chi connectivity index (χ0n) is 18.4. The number of fused-ring (bicyclic) bond motifs is 1. The second-order valence-corrected chi connectivity index (χ2v) is 8.72. The number of para-hydroxylation sites is 1. The minimum Gasteiger partial charge on any atom is -0.368 e. The van der Waals surface area contributed by atoms with E-state index in [1.807, 2.05) is 24.3 Å². The highest BCUT2D eigenvalue weighted by atomic mass is 32.2. The van der Waals surface area contributed by atoms with Crippen LogP contribution in [0, 0.1) is 10.1 Å². The van der Waals surface area contributed by atoms with Crippen LogP contribution in [0.15, 0.2) is 52.6 Å². The molecule has 8 N–H and O–H groups in total. The number of nitro groups is 1. The number of benzene rings is 1. The molecule has 3 rings (SSSR count). The van der Waals surface area contributed by atoms with E-state index in [0.29, 0.717) is 30.0 Å². The second kappa shape index (κ2) is 11.6. The van der Waals surface area contributed by atoms with Gasteiger partial charge in [-0.1, -0.05) is 24.6 Å². The maximum atomic E-state index is 12.6. The van der Waals surface area contributed by atoms with E-state index < -0.39 is 28.8 Å². The zero-order chi connectivity index (χ0) is 24.7. The predicted molar refractivity (Wildman–Crippen MR) is 129 cm³/mol. The fourth-order valence-electron chi connectivity index (χ4n) is 3.51. The van der Waals surface area contributed by atoms with E-state index in [1.54, 1.807) is 0 Å².